The molecule has 3 nitrogen and oxygen atoms in total. The lowest BCUT2D eigenvalue weighted by molar-refractivity contribution is 0.354. The van der Waals surface area contributed by atoms with Crippen LogP contribution in [0, 0.1) is 0 Å². The lowest BCUT2D eigenvalue weighted by Gasteiger charge is -2.15. The normalized spacial score (nSPS) is 11.9. The van der Waals surface area contributed by atoms with Gasteiger partial charge in [-0.05, 0) is 51.3 Å². The largest absolute Gasteiger partial charge is 0.496 e. The topological polar surface area (TPSA) is 27.7 Å². The van der Waals surface area contributed by atoms with Crippen LogP contribution in [-0.2, 0) is 0 Å². The first-order valence-electron chi connectivity index (χ1n) is 6.30. The van der Waals surface area contributed by atoms with E-state index in [9.17, 15) is 0 Å². The molecule has 2 aromatic carbocycles. The number of halogens is 2. The summed E-state index contributed by atoms with van der Waals surface area (Å²) in [6, 6.07) is 11.4. The Morgan fingerprint density at radius 1 is 0.810 bits per heavy atom. The van der Waals surface area contributed by atoms with Crippen LogP contribution in [0.25, 0.3) is 0 Å². The summed E-state index contributed by atoms with van der Waals surface area (Å²) in [6.45, 7) is 0. The molecule has 5 heteroatoms. The van der Waals surface area contributed by atoms with Crippen LogP contribution in [0.1, 0.15) is 16.5 Å². The van der Waals surface area contributed by atoms with Crippen LogP contribution in [0.2, 0.25) is 0 Å². The van der Waals surface area contributed by atoms with Gasteiger partial charge in [-0.3, -0.25) is 0 Å². The number of alkyl halides is 1. The third-order valence-electron chi connectivity index (χ3n) is 3.17. The van der Waals surface area contributed by atoms with Gasteiger partial charge in [0.25, 0.3) is 0 Å². The van der Waals surface area contributed by atoms with Gasteiger partial charge in [0, 0.05) is 0 Å². The van der Waals surface area contributed by atoms with E-state index in [4.69, 9.17) is 25.8 Å². The molecule has 2 aromatic rings. The number of benzene rings is 2. The van der Waals surface area contributed by atoms with E-state index in [1.54, 1.807) is 21.3 Å². The third-order valence-corrected chi connectivity index (χ3v) is 4.29. The van der Waals surface area contributed by atoms with Crippen molar-refractivity contribution in [3.05, 3.63) is 52.0 Å². The summed E-state index contributed by atoms with van der Waals surface area (Å²) in [5, 5.41) is -0.285. The summed E-state index contributed by atoms with van der Waals surface area (Å²) in [5.74, 6) is 2.11. The van der Waals surface area contributed by atoms with Crippen LogP contribution in [0.3, 0.4) is 0 Å². The zero-order chi connectivity index (χ0) is 15.4. The molecule has 0 aliphatic heterocycles. The van der Waals surface area contributed by atoms with E-state index < -0.39 is 0 Å². The average molecular weight is 372 g/mol. The molecule has 0 saturated heterocycles. The minimum Gasteiger partial charge on any atom is -0.496 e. The number of ether oxygens (including phenoxy) is 3. The van der Waals surface area contributed by atoms with Crippen molar-refractivity contribution in [2.75, 3.05) is 21.3 Å². The molecule has 2 rings (SSSR count). The van der Waals surface area contributed by atoms with Gasteiger partial charge in [0.15, 0.2) is 11.5 Å². The fourth-order valence-electron chi connectivity index (χ4n) is 2.04. The molecule has 21 heavy (non-hydrogen) atoms. The second-order valence-corrected chi connectivity index (χ2v) is 5.66. The van der Waals surface area contributed by atoms with Crippen molar-refractivity contribution in [1.82, 2.24) is 0 Å². The molecule has 1 unspecified atom stereocenters. The van der Waals surface area contributed by atoms with Crippen molar-refractivity contribution < 1.29 is 14.2 Å². The highest BCUT2D eigenvalue weighted by molar-refractivity contribution is 9.10. The molecular weight excluding hydrogens is 356 g/mol. The molecule has 0 bridgehead atoms. The zero-order valence-corrected chi connectivity index (χ0v) is 14.4. The van der Waals surface area contributed by atoms with E-state index in [1.165, 1.54) is 0 Å². The summed E-state index contributed by atoms with van der Waals surface area (Å²) >= 11 is 10.0. The number of methoxy groups -OCH3 is 3. The monoisotopic (exact) mass is 370 g/mol. The fraction of sp³-hybridized carbons (Fsp3) is 0.250. The summed E-state index contributed by atoms with van der Waals surface area (Å²) in [5.41, 5.74) is 1.91. The lowest BCUT2D eigenvalue weighted by Crippen LogP contribution is -1.97. The van der Waals surface area contributed by atoms with Crippen LogP contribution in [0.5, 0.6) is 17.2 Å². The number of rotatable bonds is 5. The van der Waals surface area contributed by atoms with Gasteiger partial charge in [-0.15, -0.1) is 11.6 Å². The van der Waals surface area contributed by atoms with Crippen LogP contribution in [-0.4, -0.2) is 21.3 Å². The average Bonchev–Trinajstić information content (AvgIpc) is 2.53. The smallest absolute Gasteiger partial charge is 0.161 e. The van der Waals surface area contributed by atoms with Crippen LogP contribution < -0.4 is 14.2 Å². The van der Waals surface area contributed by atoms with E-state index in [-0.39, 0.29) is 5.38 Å². The maximum Gasteiger partial charge on any atom is 0.161 e. The molecule has 0 aliphatic carbocycles. The molecule has 0 aromatic heterocycles. The molecule has 0 aliphatic rings. The summed E-state index contributed by atoms with van der Waals surface area (Å²) < 4.78 is 16.6. The van der Waals surface area contributed by atoms with Crippen molar-refractivity contribution in [3.8, 4) is 17.2 Å². The molecule has 0 radical (unpaired) electrons. The fourth-order valence-corrected chi connectivity index (χ4v) is 2.87. The first-order valence-corrected chi connectivity index (χ1v) is 7.53. The molecular formula is C16H16BrClO3. The van der Waals surface area contributed by atoms with E-state index in [0.717, 1.165) is 21.3 Å². The molecule has 0 spiro atoms. The second-order valence-electron chi connectivity index (χ2n) is 4.37. The van der Waals surface area contributed by atoms with Crippen molar-refractivity contribution in [2.45, 2.75) is 5.38 Å². The highest BCUT2D eigenvalue weighted by Gasteiger charge is 2.15. The molecule has 0 heterocycles. The quantitative estimate of drug-likeness (QED) is 0.706. The van der Waals surface area contributed by atoms with Gasteiger partial charge in [0.2, 0.25) is 0 Å². The van der Waals surface area contributed by atoms with Gasteiger partial charge in [0.1, 0.15) is 5.75 Å². The van der Waals surface area contributed by atoms with Crippen molar-refractivity contribution in [1.29, 1.82) is 0 Å². The van der Waals surface area contributed by atoms with Gasteiger partial charge >= 0.3 is 0 Å². The van der Waals surface area contributed by atoms with Gasteiger partial charge in [-0.25, -0.2) is 0 Å². The first kappa shape index (κ1) is 16.0. The first-order chi connectivity index (χ1) is 10.1. The minimum atomic E-state index is -0.285. The minimum absolute atomic E-state index is 0.285. The highest BCUT2D eigenvalue weighted by atomic mass is 79.9. The van der Waals surface area contributed by atoms with Crippen LogP contribution >= 0.6 is 27.5 Å². The molecule has 0 saturated carbocycles. The van der Waals surface area contributed by atoms with E-state index in [0.29, 0.717) is 11.5 Å². The molecule has 0 N–H and O–H groups in total. The van der Waals surface area contributed by atoms with Gasteiger partial charge in [-0.1, -0.05) is 12.1 Å². The Balaban J connectivity index is 2.35. The Morgan fingerprint density at radius 2 is 1.33 bits per heavy atom. The Labute approximate surface area is 137 Å². The predicted octanol–water partition coefficient (Wildman–Crippen LogP) is 4.80. The SMILES string of the molecule is COc1ccc(C(Cl)c2ccc(OC)c(OC)c2)cc1Br. The summed E-state index contributed by atoms with van der Waals surface area (Å²) in [6.07, 6.45) is 0. The maximum atomic E-state index is 6.57. The Kier molecular flexibility index (Phi) is 5.37. The second kappa shape index (κ2) is 7.05. The third kappa shape index (κ3) is 3.44. The highest BCUT2D eigenvalue weighted by Crippen LogP contribution is 2.37. The van der Waals surface area contributed by atoms with Crippen molar-refractivity contribution >= 4 is 27.5 Å². The predicted molar refractivity (Wildman–Crippen MR) is 87.9 cm³/mol. The maximum absolute atomic E-state index is 6.57. The Morgan fingerprint density at radius 3 is 1.86 bits per heavy atom. The lowest BCUT2D eigenvalue weighted by atomic mass is 10.0. The zero-order valence-electron chi connectivity index (χ0n) is 12.0. The van der Waals surface area contributed by atoms with Crippen molar-refractivity contribution in [2.24, 2.45) is 0 Å². The number of hydrogen-bond acceptors (Lipinski definition) is 3. The van der Waals surface area contributed by atoms with Crippen molar-refractivity contribution in [3.63, 3.8) is 0 Å². The van der Waals surface area contributed by atoms with Gasteiger partial charge in [0.05, 0.1) is 31.2 Å². The molecule has 0 amide bonds. The molecule has 1 atom stereocenters. The van der Waals surface area contributed by atoms with Crippen LogP contribution in [0.4, 0.5) is 0 Å². The van der Waals surface area contributed by atoms with E-state index >= 15 is 0 Å². The summed E-state index contributed by atoms with van der Waals surface area (Å²) in [4.78, 5) is 0. The van der Waals surface area contributed by atoms with Crippen LogP contribution in [0.15, 0.2) is 40.9 Å². The Bertz CT molecular complexity index is 631. The molecule has 112 valence electrons. The summed E-state index contributed by atoms with van der Waals surface area (Å²) in [7, 11) is 4.84. The van der Waals surface area contributed by atoms with E-state index in [1.807, 2.05) is 36.4 Å². The van der Waals surface area contributed by atoms with Gasteiger partial charge < -0.3 is 14.2 Å². The Hall–Kier alpha value is -1.39. The standard InChI is InChI=1S/C16H16BrClO3/c1-19-13-6-4-10(8-12(13)17)16(18)11-5-7-14(20-2)15(9-11)21-3/h4-9,16H,1-3H3. The molecule has 0 fully saturated rings. The number of hydrogen-bond donors (Lipinski definition) is 0. The van der Waals surface area contributed by atoms with E-state index in [2.05, 4.69) is 15.9 Å². The van der Waals surface area contributed by atoms with Gasteiger partial charge in [-0.2, -0.15) is 0 Å².